The van der Waals surface area contributed by atoms with Crippen molar-refractivity contribution in [1.82, 2.24) is 4.72 Å². The highest BCUT2D eigenvalue weighted by Crippen LogP contribution is 2.17. The van der Waals surface area contributed by atoms with Gasteiger partial charge < -0.3 is 5.73 Å². The first-order valence-corrected chi connectivity index (χ1v) is 7.71. The van der Waals surface area contributed by atoms with Crippen LogP contribution in [0.2, 0.25) is 0 Å². The zero-order valence-corrected chi connectivity index (χ0v) is 12.0. The van der Waals surface area contributed by atoms with E-state index in [0.717, 1.165) is 6.42 Å². The standard InChI is InChI=1S/C13H22N2O2S/c1-4-10(2)11(3)15-18(16,17)13-8-6-5-7-12(13)9-14/h5-8,10-11,15H,4,9,14H2,1-3H3. The molecule has 0 aliphatic rings. The summed E-state index contributed by atoms with van der Waals surface area (Å²) >= 11 is 0. The van der Waals surface area contributed by atoms with Crippen molar-refractivity contribution in [2.24, 2.45) is 11.7 Å². The largest absolute Gasteiger partial charge is 0.326 e. The monoisotopic (exact) mass is 270 g/mol. The van der Waals surface area contributed by atoms with Gasteiger partial charge in [-0.1, -0.05) is 38.5 Å². The van der Waals surface area contributed by atoms with E-state index in [-0.39, 0.29) is 17.5 Å². The molecule has 0 aliphatic heterocycles. The summed E-state index contributed by atoms with van der Waals surface area (Å²) in [4.78, 5) is 0.280. The number of nitrogens with one attached hydrogen (secondary N) is 1. The molecule has 0 fully saturated rings. The van der Waals surface area contributed by atoms with Crippen molar-refractivity contribution < 1.29 is 8.42 Å². The van der Waals surface area contributed by atoms with Gasteiger partial charge in [-0.05, 0) is 24.5 Å². The van der Waals surface area contributed by atoms with Crippen LogP contribution in [0.3, 0.4) is 0 Å². The molecule has 0 bridgehead atoms. The average Bonchev–Trinajstić information content (AvgIpc) is 2.37. The predicted molar refractivity (Wildman–Crippen MR) is 73.6 cm³/mol. The first-order valence-electron chi connectivity index (χ1n) is 6.22. The molecule has 1 aromatic rings. The van der Waals surface area contributed by atoms with Gasteiger partial charge in [0.25, 0.3) is 0 Å². The highest BCUT2D eigenvalue weighted by atomic mass is 32.2. The zero-order chi connectivity index (χ0) is 13.8. The fraction of sp³-hybridized carbons (Fsp3) is 0.538. The van der Waals surface area contributed by atoms with Crippen LogP contribution in [0.1, 0.15) is 32.8 Å². The van der Waals surface area contributed by atoms with Crippen molar-refractivity contribution in [1.29, 1.82) is 0 Å². The van der Waals surface area contributed by atoms with Gasteiger partial charge in [-0.2, -0.15) is 0 Å². The summed E-state index contributed by atoms with van der Waals surface area (Å²) in [5.41, 5.74) is 6.21. The van der Waals surface area contributed by atoms with Crippen molar-refractivity contribution in [2.75, 3.05) is 0 Å². The van der Waals surface area contributed by atoms with Gasteiger partial charge in [-0.25, -0.2) is 13.1 Å². The van der Waals surface area contributed by atoms with E-state index in [0.29, 0.717) is 11.5 Å². The molecule has 3 N–H and O–H groups in total. The van der Waals surface area contributed by atoms with Gasteiger partial charge in [0.2, 0.25) is 10.0 Å². The summed E-state index contributed by atoms with van der Waals surface area (Å²) in [6, 6.07) is 6.74. The van der Waals surface area contributed by atoms with E-state index in [2.05, 4.69) is 4.72 Å². The smallest absolute Gasteiger partial charge is 0.241 e. The van der Waals surface area contributed by atoms with Gasteiger partial charge in [0.15, 0.2) is 0 Å². The highest BCUT2D eigenvalue weighted by Gasteiger charge is 2.22. The molecule has 1 rings (SSSR count). The Bertz CT molecular complexity index is 486. The Kier molecular flexibility index (Phi) is 5.31. The van der Waals surface area contributed by atoms with Crippen molar-refractivity contribution in [3.63, 3.8) is 0 Å². The topological polar surface area (TPSA) is 72.2 Å². The van der Waals surface area contributed by atoms with E-state index >= 15 is 0 Å². The van der Waals surface area contributed by atoms with Crippen molar-refractivity contribution >= 4 is 10.0 Å². The molecule has 4 nitrogen and oxygen atoms in total. The molecular weight excluding hydrogens is 248 g/mol. The van der Waals surface area contributed by atoms with Gasteiger partial charge in [-0.15, -0.1) is 0 Å². The average molecular weight is 270 g/mol. The van der Waals surface area contributed by atoms with E-state index in [1.165, 1.54) is 0 Å². The van der Waals surface area contributed by atoms with Gasteiger partial charge in [0.05, 0.1) is 4.90 Å². The maximum atomic E-state index is 12.3. The summed E-state index contributed by atoms with van der Waals surface area (Å²) in [6.07, 6.45) is 0.933. The SMILES string of the molecule is CCC(C)C(C)NS(=O)(=O)c1ccccc1CN. The summed E-state index contributed by atoms with van der Waals surface area (Å²) in [7, 11) is -3.49. The van der Waals surface area contributed by atoms with Crippen LogP contribution >= 0.6 is 0 Å². The Morgan fingerprint density at radius 3 is 2.44 bits per heavy atom. The number of sulfonamides is 1. The number of hydrogen-bond donors (Lipinski definition) is 2. The fourth-order valence-electron chi connectivity index (χ4n) is 1.71. The number of nitrogens with two attached hydrogens (primary N) is 1. The first kappa shape index (κ1) is 15.1. The third kappa shape index (κ3) is 3.54. The lowest BCUT2D eigenvalue weighted by atomic mass is 10.0. The molecule has 0 saturated heterocycles. The maximum Gasteiger partial charge on any atom is 0.241 e. The lowest BCUT2D eigenvalue weighted by molar-refractivity contribution is 0.434. The molecular formula is C13H22N2O2S. The number of benzene rings is 1. The second-order valence-corrected chi connectivity index (χ2v) is 6.29. The molecule has 0 spiro atoms. The maximum absolute atomic E-state index is 12.3. The minimum Gasteiger partial charge on any atom is -0.326 e. The van der Waals surface area contributed by atoms with Crippen molar-refractivity contribution in [3.05, 3.63) is 29.8 Å². The van der Waals surface area contributed by atoms with E-state index in [1.807, 2.05) is 20.8 Å². The lowest BCUT2D eigenvalue weighted by Gasteiger charge is -2.20. The Balaban J connectivity index is 3.00. The minimum atomic E-state index is -3.49. The van der Waals surface area contributed by atoms with Crippen LogP contribution < -0.4 is 10.5 Å². The Morgan fingerprint density at radius 2 is 1.89 bits per heavy atom. The van der Waals surface area contributed by atoms with Crippen LogP contribution in [0.4, 0.5) is 0 Å². The number of hydrogen-bond acceptors (Lipinski definition) is 3. The van der Waals surface area contributed by atoms with Gasteiger partial charge >= 0.3 is 0 Å². The molecule has 0 aliphatic carbocycles. The van der Waals surface area contributed by atoms with E-state index in [9.17, 15) is 8.42 Å². The molecule has 18 heavy (non-hydrogen) atoms. The Morgan fingerprint density at radius 1 is 1.28 bits per heavy atom. The molecule has 0 saturated carbocycles. The van der Waals surface area contributed by atoms with Crippen LogP contribution in [-0.4, -0.2) is 14.5 Å². The van der Waals surface area contributed by atoms with E-state index in [1.54, 1.807) is 24.3 Å². The summed E-state index contributed by atoms with van der Waals surface area (Å²) in [5, 5.41) is 0. The molecule has 2 atom stereocenters. The molecule has 0 aromatic heterocycles. The molecule has 102 valence electrons. The Hall–Kier alpha value is -0.910. The van der Waals surface area contributed by atoms with Gasteiger partial charge in [0, 0.05) is 12.6 Å². The minimum absolute atomic E-state index is 0.0918. The third-order valence-corrected chi connectivity index (χ3v) is 4.98. The fourth-order valence-corrected chi connectivity index (χ4v) is 3.32. The lowest BCUT2D eigenvalue weighted by Crippen LogP contribution is -2.37. The third-order valence-electron chi connectivity index (χ3n) is 3.32. The first-order chi connectivity index (χ1) is 8.42. The van der Waals surface area contributed by atoms with Crippen molar-refractivity contribution in [3.8, 4) is 0 Å². The predicted octanol–water partition coefficient (Wildman–Crippen LogP) is 1.86. The number of rotatable bonds is 6. The summed E-state index contributed by atoms with van der Waals surface area (Å²) < 4.78 is 27.3. The van der Waals surface area contributed by atoms with Gasteiger partial charge in [0.1, 0.15) is 0 Å². The van der Waals surface area contributed by atoms with Crippen LogP contribution in [0.5, 0.6) is 0 Å². The highest BCUT2D eigenvalue weighted by molar-refractivity contribution is 7.89. The van der Waals surface area contributed by atoms with Crippen molar-refractivity contribution in [2.45, 2.75) is 44.7 Å². The zero-order valence-electron chi connectivity index (χ0n) is 11.2. The van der Waals surface area contributed by atoms with Gasteiger partial charge in [-0.3, -0.25) is 0 Å². The molecule has 0 amide bonds. The van der Waals surface area contributed by atoms with Crippen LogP contribution in [0.15, 0.2) is 29.2 Å². The van der Waals surface area contributed by atoms with Crippen LogP contribution in [0.25, 0.3) is 0 Å². The van der Waals surface area contributed by atoms with E-state index < -0.39 is 10.0 Å². The Labute approximate surface area is 110 Å². The molecule has 0 heterocycles. The van der Waals surface area contributed by atoms with E-state index in [4.69, 9.17) is 5.73 Å². The molecule has 1 aromatic carbocycles. The normalized spacial score (nSPS) is 15.3. The summed E-state index contributed by atoms with van der Waals surface area (Å²) in [6.45, 7) is 6.18. The van der Waals surface area contributed by atoms with Crippen LogP contribution in [-0.2, 0) is 16.6 Å². The second-order valence-electron chi connectivity index (χ2n) is 4.61. The molecule has 2 unspecified atom stereocenters. The van der Waals surface area contributed by atoms with Crippen LogP contribution in [0, 0.1) is 5.92 Å². The quantitative estimate of drug-likeness (QED) is 0.828. The summed E-state index contributed by atoms with van der Waals surface area (Å²) in [5.74, 6) is 0.296. The molecule has 0 radical (unpaired) electrons. The second kappa shape index (κ2) is 6.31. The molecule has 5 heteroatoms.